The van der Waals surface area contributed by atoms with E-state index in [1.165, 1.54) is 0 Å². The molecule has 1 amide bonds. The molecule has 25 heavy (non-hydrogen) atoms. The normalized spacial score (nSPS) is 25.0. The molecule has 7 nitrogen and oxygen atoms in total. The van der Waals surface area contributed by atoms with Gasteiger partial charge in [-0.3, -0.25) is 9.20 Å². The average Bonchev–Trinajstić information content (AvgIpc) is 2.98. The Morgan fingerprint density at radius 2 is 1.92 bits per heavy atom. The van der Waals surface area contributed by atoms with Crippen molar-refractivity contribution < 1.29 is 44.3 Å². The first-order valence-electron chi connectivity index (χ1n) is 8.28. The maximum atomic E-state index is 12.2. The van der Waals surface area contributed by atoms with E-state index in [9.17, 15) is 14.7 Å². The molecule has 3 rings (SSSR count). The van der Waals surface area contributed by atoms with Crippen molar-refractivity contribution in [3.05, 3.63) is 30.2 Å². The van der Waals surface area contributed by atoms with E-state index in [2.05, 4.69) is 15.5 Å². The van der Waals surface area contributed by atoms with Crippen LogP contribution in [0.2, 0.25) is 0 Å². The summed E-state index contributed by atoms with van der Waals surface area (Å²) in [5, 5.41) is 22.2. The van der Waals surface area contributed by atoms with Crippen LogP contribution >= 0.6 is 0 Å². The van der Waals surface area contributed by atoms with Gasteiger partial charge in [0.15, 0.2) is 5.65 Å². The van der Waals surface area contributed by atoms with Gasteiger partial charge in [0.2, 0.25) is 5.91 Å². The minimum atomic E-state index is -1.13. The Bertz CT molecular complexity index is 763. The van der Waals surface area contributed by atoms with Crippen molar-refractivity contribution in [3.8, 4) is 0 Å². The van der Waals surface area contributed by atoms with E-state index in [1.807, 2.05) is 42.6 Å². The molecule has 0 bridgehead atoms. The number of aryl methyl sites for hydroxylation is 1. The summed E-state index contributed by atoms with van der Waals surface area (Å²) in [6, 6.07) is 5.71. The van der Waals surface area contributed by atoms with E-state index in [0.29, 0.717) is 19.4 Å². The fourth-order valence-electron chi connectivity index (χ4n) is 3.56. The number of amides is 1. The quantitative estimate of drug-likeness (QED) is 0.443. The average molecular weight is 352 g/mol. The summed E-state index contributed by atoms with van der Waals surface area (Å²) >= 11 is 0. The molecule has 2 unspecified atom stereocenters. The third kappa shape index (κ3) is 3.88. The van der Waals surface area contributed by atoms with Gasteiger partial charge in [-0.05, 0) is 30.4 Å². The SMILES string of the molecule is CC1C(C)[C@H](C(=O)NCCCc2nnc3ccccn23)[C@@H]1C(=O)[O-].[Na+]. The van der Waals surface area contributed by atoms with Crippen molar-refractivity contribution in [3.63, 3.8) is 0 Å². The topological polar surface area (TPSA) is 99.4 Å². The molecule has 0 aliphatic heterocycles. The molecule has 4 atom stereocenters. The molecule has 0 aromatic carbocycles. The molecule has 2 aromatic rings. The molecule has 1 aliphatic rings. The molecular weight excluding hydrogens is 331 g/mol. The molecule has 0 saturated heterocycles. The number of carbonyl (C=O) groups excluding carboxylic acids is 2. The number of rotatable bonds is 6. The van der Waals surface area contributed by atoms with Crippen molar-refractivity contribution in [2.24, 2.45) is 23.7 Å². The molecule has 0 spiro atoms. The smallest absolute Gasteiger partial charge is 0.550 e. The number of carbonyl (C=O) groups is 2. The number of aliphatic carboxylic acids is 1. The third-order valence-corrected chi connectivity index (χ3v) is 5.18. The Balaban J connectivity index is 0.00000225. The Kier molecular flexibility index (Phi) is 6.59. The summed E-state index contributed by atoms with van der Waals surface area (Å²) in [6.07, 6.45) is 3.31. The summed E-state index contributed by atoms with van der Waals surface area (Å²) in [5.74, 6) is -1.60. The first-order valence-corrected chi connectivity index (χ1v) is 8.28. The summed E-state index contributed by atoms with van der Waals surface area (Å²) in [6.45, 7) is 4.25. The zero-order chi connectivity index (χ0) is 17.3. The molecule has 2 aromatic heterocycles. The van der Waals surface area contributed by atoms with E-state index in [1.54, 1.807) is 0 Å². The minimum Gasteiger partial charge on any atom is -0.550 e. The maximum Gasteiger partial charge on any atom is 1.00 e. The molecule has 1 saturated carbocycles. The zero-order valence-corrected chi connectivity index (χ0v) is 16.8. The van der Waals surface area contributed by atoms with Gasteiger partial charge in [0.05, 0.1) is 0 Å². The Morgan fingerprint density at radius 3 is 2.64 bits per heavy atom. The molecule has 1 N–H and O–H groups in total. The van der Waals surface area contributed by atoms with Gasteiger partial charge in [-0.15, -0.1) is 10.2 Å². The predicted octanol–water partition coefficient (Wildman–Crippen LogP) is -2.95. The van der Waals surface area contributed by atoms with Gasteiger partial charge in [-0.1, -0.05) is 19.9 Å². The van der Waals surface area contributed by atoms with Crippen LogP contribution < -0.4 is 40.0 Å². The van der Waals surface area contributed by atoms with E-state index in [0.717, 1.165) is 11.5 Å². The summed E-state index contributed by atoms with van der Waals surface area (Å²) in [7, 11) is 0. The number of hydrogen-bond acceptors (Lipinski definition) is 5. The van der Waals surface area contributed by atoms with Crippen molar-refractivity contribution in [1.29, 1.82) is 0 Å². The number of nitrogens with one attached hydrogen (secondary N) is 1. The number of fused-ring (bicyclic) bond motifs is 1. The molecule has 128 valence electrons. The fraction of sp³-hybridized carbons (Fsp3) is 0.529. The monoisotopic (exact) mass is 352 g/mol. The van der Waals surface area contributed by atoms with Crippen molar-refractivity contribution in [2.75, 3.05) is 6.54 Å². The number of pyridine rings is 1. The molecule has 0 radical (unpaired) electrons. The van der Waals surface area contributed by atoms with Gasteiger partial charge in [-0.2, -0.15) is 0 Å². The number of carboxylic acids is 1. The van der Waals surface area contributed by atoms with Gasteiger partial charge in [0.25, 0.3) is 0 Å². The predicted molar refractivity (Wildman–Crippen MR) is 84.6 cm³/mol. The van der Waals surface area contributed by atoms with Crippen LogP contribution in [0.25, 0.3) is 5.65 Å². The summed E-state index contributed by atoms with van der Waals surface area (Å²) in [4.78, 5) is 23.4. The van der Waals surface area contributed by atoms with Crippen molar-refractivity contribution in [2.45, 2.75) is 26.7 Å². The third-order valence-electron chi connectivity index (χ3n) is 5.18. The second-order valence-electron chi connectivity index (χ2n) is 6.53. The van der Waals surface area contributed by atoms with Gasteiger partial charge < -0.3 is 15.2 Å². The van der Waals surface area contributed by atoms with Gasteiger partial charge in [-0.25, -0.2) is 0 Å². The number of carboxylic acid groups (broad SMARTS) is 1. The Morgan fingerprint density at radius 1 is 1.20 bits per heavy atom. The fourth-order valence-corrected chi connectivity index (χ4v) is 3.56. The first kappa shape index (κ1) is 19.9. The second-order valence-corrected chi connectivity index (χ2v) is 6.53. The number of aromatic nitrogens is 3. The van der Waals surface area contributed by atoms with Crippen LogP contribution in [0.3, 0.4) is 0 Å². The van der Waals surface area contributed by atoms with Crippen LogP contribution in [-0.4, -0.2) is 33.0 Å². The van der Waals surface area contributed by atoms with Crippen LogP contribution in [0.15, 0.2) is 24.4 Å². The van der Waals surface area contributed by atoms with E-state index < -0.39 is 17.8 Å². The van der Waals surface area contributed by atoms with Crippen LogP contribution in [0.1, 0.15) is 26.1 Å². The van der Waals surface area contributed by atoms with E-state index >= 15 is 0 Å². The number of nitrogens with zero attached hydrogens (tertiary/aromatic N) is 3. The van der Waals surface area contributed by atoms with Crippen molar-refractivity contribution >= 4 is 17.5 Å². The Labute approximate surface area is 168 Å². The standard InChI is InChI=1S/C17H22N4O3.Na/c1-10-11(2)15(17(23)24)14(10)16(22)18-8-5-7-13-20-19-12-6-3-4-9-21(12)13;/h3-4,6,9-11,14-15H,5,7-8H2,1-2H3,(H,18,22)(H,23,24);/q;+1/p-1/t10?,11?,14-,15+;/m0./s1. The number of hydrogen-bond donors (Lipinski definition) is 1. The molecule has 1 fully saturated rings. The molecule has 8 heteroatoms. The summed E-state index contributed by atoms with van der Waals surface area (Å²) < 4.78 is 1.92. The van der Waals surface area contributed by atoms with E-state index in [-0.39, 0.29) is 47.3 Å². The van der Waals surface area contributed by atoms with Crippen LogP contribution in [0.4, 0.5) is 0 Å². The molecule has 1 aliphatic carbocycles. The molecular formula is C17H21N4NaO3. The van der Waals surface area contributed by atoms with Crippen LogP contribution in [-0.2, 0) is 16.0 Å². The first-order chi connectivity index (χ1) is 11.5. The second kappa shape index (κ2) is 8.29. The van der Waals surface area contributed by atoms with Gasteiger partial charge in [0, 0.05) is 37.0 Å². The van der Waals surface area contributed by atoms with Gasteiger partial charge in [0.1, 0.15) is 5.82 Å². The van der Waals surface area contributed by atoms with Gasteiger partial charge >= 0.3 is 29.6 Å². The minimum absolute atomic E-state index is 0. The van der Waals surface area contributed by atoms with E-state index in [4.69, 9.17) is 0 Å². The maximum absolute atomic E-state index is 12.2. The largest absolute Gasteiger partial charge is 1.00 e. The zero-order valence-electron chi connectivity index (χ0n) is 14.8. The van der Waals surface area contributed by atoms with Crippen LogP contribution in [0.5, 0.6) is 0 Å². The van der Waals surface area contributed by atoms with Crippen molar-refractivity contribution in [1.82, 2.24) is 19.9 Å². The van der Waals surface area contributed by atoms with Crippen LogP contribution in [0, 0.1) is 23.7 Å². The Hall–Kier alpha value is -1.44. The summed E-state index contributed by atoms with van der Waals surface area (Å²) in [5.41, 5.74) is 0.797. The molecule has 2 heterocycles.